The highest BCUT2D eigenvalue weighted by molar-refractivity contribution is 5.76. The van der Waals surface area contributed by atoms with Crippen LogP contribution in [0.3, 0.4) is 0 Å². The molecular weight excluding hydrogens is 382 g/mol. The van der Waals surface area contributed by atoms with Crippen LogP contribution in [0.25, 0.3) is 0 Å². The average molecular weight is 416 g/mol. The van der Waals surface area contributed by atoms with Gasteiger partial charge in [0.05, 0.1) is 11.6 Å². The Balaban J connectivity index is 1.35. The number of benzene rings is 1. The monoisotopic (exact) mass is 415 g/mol. The molecule has 164 valence electrons. The van der Waals surface area contributed by atoms with Crippen molar-refractivity contribution >= 4 is 6.03 Å². The van der Waals surface area contributed by atoms with Gasteiger partial charge < -0.3 is 15.0 Å². The molecule has 6 N–H and O–H groups in total. The molecule has 2 saturated heterocycles. The van der Waals surface area contributed by atoms with Crippen molar-refractivity contribution in [1.29, 1.82) is 0 Å². The highest BCUT2D eigenvalue weighted by Crippen LogP contribution is 2.35. The number of urea groups is 1. The molecule has 1 aromatic carbocycles. The van der Waals surface area contributed by atoms with Crippen LogP contribution >= 0.6 is 0 Å². The third-order valence-corrected chi connectivity index (χ3v) is 6.36. The second kappa shape index (κ2) is 8.91. The van der Waals surface area contributed by atoms with Crippen molar-refractivity contribution in [1.82, 2.24) is 31.4 Å². The number of amides is 2. The standard InChI is InChI=1S/C21H33N7O2/c1-21(2)17-13-23-19(28(22)16-8-10-30-11-9-16)25-18(17)14-27(21)20(29)26-24-12-15-6-4-3-5-7-15/h3-7,13,16,18-19,23-25H,8-12,14,22H2,1-2H3,(H,26,29). The number of rotatable bonds is 5. The van der Waals surface area contributed by atoms with E-state index in [4.69, 9.17) is 10.6 Å². The van der Waals surface area contributed by atoms with Gasteiger partial charge in [-0.05, 0) is 37.8 Å². The molecule has 30 heavy (non-hydrogen) atoms. The minimum Gasteiger partial charge on any atom is -0.381 e. The maximum Gasteiger partial charge on any atom is 0.332 e. The largest absolute Gasteiger partial charge is 0.381 e. The minimum absolute atomic E-state index is 0.0528. The summed E-state index contributed by atoms with van der Waals surface area (Å²) in [5, 5.41) is 8.81. The Labute approximate surface area is 177 Å². The van der Waals surface area contributed by atoms with Gasteiger partial charge >= 0.3 is 6.03 Å². The number of nitrogens with two attached hydrogens (primary N) is 1. The van der Waals surface area contributed by atoms with Crippen LogP contribution in [0.5, 0.6) is 0 Å². The lowest BCUT2D eigenvalue weighted by molar-refractivity contribution is 0.000469. The van der Waals surface area contributed by atoms with Crippen LogP contribution in [0, 0.1) is 0 Å². The Bertz CT molecular complexity index is 764. The summed E-state index contributed by atoms with van der Waals surface area (Å²) in [6, 6.07) is 10.2. The van der Waals surface area contributed by atoms with Crippen molar-refractivity contribution in [3.05, 3.63) is 47.7 Å². The quantitative estimate of drug-likeness (QED) is 0.354. The number of carbonyl (C=O) groups is 1. The number of nitrogens with one attached hydrogen (secondary N) is 4. The fraction of sp³-hybridized carbons (Fsp3) is 0.571. The van der Waals surface area contributed by atoms with Crippen LogP contribution in [-0.2, 0) is 11.3 Å². The van der Waals surface area contributed by atoms with Crippen molar-refractivity contribution in [2.24, 2.45) is 5.84 Å². The topological polar surface area (TPSA) is 107 Å². The van der Waals surface area contributed by atoms with Crippen molar-refractivity contribution in [2.75, 3.05) is 19.8 Å². The lowest BCUT2D eigenvalue weighted by Crippen LogP contribution is -2.65. The first-order valence-corrected chi connectivity index (χ1v) is 10.6. The lowest BCUT2D eigenvalue weighted by Gasteiger charge is -2.41. The second-order valence-corrected chi connectivity index (χ2v) is 8.62. The van der Waals surface area contributed by atoms with E-state index in [0.717, 1.165) is 37.2 Å². The van der Waals surface area contributed by atoms with E-state index in [0.29, 0.717) is 13.1 Å². The normalized spacial score (nSPS) is 26.1. The highest BCUT2D eigenvalue weighted by atomic mass is 16.5. The van der Waals surface area contributed by atoms with E-state index >= 15 is 0 Å². The molecule has 1 aromatic rings. The molecule has 3 aliphatic rings. The molecule has 0 saturated carbocycles. The summed E-state index contributed by atoms with van der Waals surface area (Å²) in [7, 11) is 0. The fourth-order valence-corrected chi connectivity index (χ4v) is 4.51. The molecule has 0 aromatic heterocycles. The number of fused-ring (bicyclic) bond motifs is 1. The van der Waals surface area contributed by atoms with Gasteiger partial charge in [0, 0.05) is 38.5 Å². The first-order chi connectivity index (χ1) is 14.5. The Morgan fingerprint density at radius 2 is 2.03 bits per heavy atom. The molecule has 0 aliphatic carbocycles. The van der Waals surface area contributed by atoms with Crippen molar-refractivity contribution in [2.45, 2.75) is 57.1 Å². The Morgan fingerprint density at radius 1 is 1.30 bits per heavy atom. The number of hydrazine groups is 2. The zero-order valence-corrected chi connectivity index (χ0v) is 17.7. The van der Waals surface area contributed by atoms with Gasteiger partial charge in [-0.15, -0.1) is 0 Å². The number of carbonyl (C=O) groups excluding carboxylic acids is 1. The summed E-state index contributed by atoms with van der Waals surface area (Å²) in [6.45, 7) is 6.77. The number of ether oxygens (including phenoxy) is 1. The van der Waals surface area contributed by atoms with Crippen molar-refractivity contribution in [3.63, 3.8) is 0 Å². The Kier molecular flexibility index (Phi) is 6.26. The number of hydrogen-bond acceptors (Lipinski definition) is 7. The van der Waals surface area contributed by atoms with Crippen LogP contribution in [0.1, 0.15) is 32.3 Å². The van der Waals surface area contributed by atoms with Crippen LogP contribution in [0.2, 0.25) is 0 Å². The van der Waals surface area contributed by atoms with E-state index in [-0.39, 0.29) is 24.4 Å². The third kappa shape index (κ3) is 4.30. The third-order valence-electron chi connectivity index (χ3n) is 6.36. The fourth-order valence-electron chi connectivity index (χ4n) is 4.51. The van der Waals surface area contributed by atoms with Gasteiger partial charge in [-0.25, -0.2) is 15.2 Å². The zero-order chi connectivity index (χ0) is 21.1. The summed E-state index contributed by atoms with van der Waals surface area (Å²) in [6.07, 6.45) is 3.70. The Hall–Kier alpha value is -2.17. The molecule has 2 unspecified atom stereocenters. The summed E-state index contributed by atoms with van der Waals surface area (Å²) in [4.78, 5) is 14.7. The molecule has 2 amide bonds. The highest BCUT2D eigenvalue weighted by Gasteiger charge is 2.48. The van der Waals surface area contributed by atoms with Crippen LogP contribution in [0.4, 0.5) is 4.79 Å². The lowest BCUT2D eigenvalue weighted by atomic mass is 9.92. The molecule has 9 heteroatoms. The van der Waals surface area contributed by atoms with E-state index in [1.165, 1.54) is 0 Å². The van der Waals surface area contributed by atoms with Crippen LogP contribution in [0.15, 0.2) is 42.1 Å². The molecule has 3 heterocycles. The number of hydrogen-bond donors (Lipinski definition) is 5. The number of likely N-dealkylation sites (tertiary alicyclic amines) is 1. The van der Waals surface area contributed by atoms with Gasteiger partial charge in [-0.2, -0.15) is 0 Å². The van der Waals surface area contributed by atoms with E-state index in [2.05, 4.69) is 35.3 Å². The molecule has 2 atom stereocenters. The molecule has 0 spiro atoms. The molecule has 9 nitrogen and oxygen atoms in total. The van der Waals surface area contributed by atoms with Gasteiger partial charge in [-0.3, -0.25) is 16.6 Å². The van der Waals surface area contributed by atoms with Gasteiger partial charge in [-0.1, -0.05) is 30.3 Å². The van der Waals surface area contributed by atoms with Gasteiger partial charge in [0.25, 0.3) is 0 Å². The summed E-state index contributed by atoms with van der Waals surface area (Å²) < 4.78 is 5.44. The van der Waals surface area contributed by atoms with E-state index in [1.54, 1.807) is 0 Å². The SMILES string of the molecule is CC1(C)C2=CNC(N(N)C3CCOCC3)NC2CN1C(=O)NNCc1ccccc1. The van der Waals surface area contributed by atoms with Gasteiger partial charge in [0.2, 0.25) is 0 Å². The number of nitrogens with zero attached hydrogens (tertiary/aromatic N) is 2. The van der Waals surface area contributed by atoms with Gasteiger partial charge in [0.1, 0.15) is 6.29 Å². The molecule has 3 aliphatic heterocycles. The molecular formula is C21H33N7O2. The van der Waals surface area contributed by atoms with Crippen LogP contribution < -0.4 is 27.3 Å². The summed E-state index contributed by atoms with van der Waals surface area (Å²) in [5.74, 6) is 6.41. The maximum atomic E-state index is 12.9. The van der Waals surface area contributed by atoms with Crippen molar-refractivity contribution < 1.29 is 9.53 Å². The second-order valence-electron chi connectivity index (χ2n) is 8.62. The first kappa shape index (κ1) is 21.1. The smallest absolute Gasteiger partial charge is 0.332 e. The van der Waals surface area contributed by atoms with Gasteiger partial charge in [0.15, 0.2) is 0 Å². The summed E-state index contributed by atoms with van der Waals surface area (Å²) in [5.41, 5.74) is 7.72. The average Bonchev–Trinajstić information content (AvgIpc) is 3.04. The van der Waals surface area contributed by atoms with E-state index in [9.17, 15) is 4.79 Å². The predicted octanol–water partition coefficient (Wildman–Crippen LogP) is 0.579. The predicted molar refractivity (Wildman–Crippen MR) is 114 cm³/mol. The Morgan fingerprint density at radius 3 is 2.77 bits per heavy atom. The molecule has 0 radical (unpaired) electrons. The van der Waals surface area contributed by atoms with Crippen LogP contribution in [-0.4, -0.2) is 59.6 Å². The van der Waals surface area contributed by atoms with Crippen molar-refractivity contribution in [3.8, 4) is 0 Å². The van der Waals surface area contributed by atoms with E-state index in [1.807, 2.05) is 46.4 Å². The minimum atomic E-state index is -0.410. The maximum absolute atomic E-state index is 12.9. The molecule has 4 rings (SSSR count). The summed E-state index contributed by atoms with van der Waals surface area (Å²) >= 11 is 0. The first-order valence-electron chi connectivity index (χ1n) is 10.6. The molecule has 2 fully saturated rings. The molecule has 0 bridgehead atoms. The zero-order valence-electron chi connectivity index (χ0n) is 17.7. The van der Waals surface area contributed by atoms with E-state index < -0.39 is 5.54 Å².